The van der Waals surface area contributed by atoms with Gasteiger partial charge < -0.3 is 23.7 Å². The number of aliphatic imine (C=N–C) groups is 1. The monoisotopic (exact) mass is 633 g/mol. The predicted molar refractivity (Wildman–Crippen MR) is 157 cm³/mol. The second-order valence-electron chi connectivity index (χ2n) is 9.85. The van der Waals surface area contributed by atoms with E-state index in [0.29, 0.717) is 0 Å². The number of ether oxygens (including phenoxy) is 5. The molecule has 0 saturated carbocycles. The van der Waals surface area contributed by atoms with Crippen molar-refractivity contribution in [2.75, 3.05) is 6.61 Å². The van der Waals surface area contributed by atoms with Crippen molar-refractivity contribution in [1.82, 2.24) is 0 Å². The molecule has 1 unspecified atom stereocenters. The molecular formula is C34H26F3NO8. The lowest BCUT2D eigenvalue weighted by Gasteiger charge is -2.40. The predicted octanol–water partition coefficient (Wildman–Crippen LogP) is 6.33. The number of nitrogens with zero attached hydrogens (tertiary/aromatic N) is 1. The van der Waals surface area contributed by atoms with Crippen LogP contribution in [0.15, 0.2) is 126 Å². The van der Waals surface area contributed by atoms with Crippen molar-refractivity contribution in [3.63, 3.8) is 0 Å². The van der Waals surface area contributed by atoms with Gasteiger partial charge in [0, 0.05) is 0 Å². The lowest BCUT2D eigenvalue weighted by molar-refractivity contribution is -0.251. The van der Waals surface area contributed by atoms with Crippen LogP contribution in [0.4, 0.5) is 18.9 Å². The molecule has 46 heavy (non-hydrogen) atoms. The van der Waals surface area contributed by atoms with Crippen molar-refractivity contribution in [1.29, 1.82) is 0 Å². The molecule has 4 aromatic rings. The minimum absolute atomic E-state index is 0.0341. The Bertz CT molecular complexity index is 1650. The Morgan fingerprint density at radius 2 is 1.00 bits per heavy atom. The summed E-state index contributed by atoms with van der Waals surface area (Å²) >= 11 is 0. The third kappa shape index (κ3) is 8.16. The summed E-state index contributed by atoms with van der Waals surface area (Å²) in [5.74, 6) is -4.48. The highest BCUT2D eigenvalue weighted by atomic mass is 19.4. The van der Waals surface area contributed by atoms with Crippen LogP contribution in [-0.2, 0) is 23.7 Å². The van der Waals surface area contributed by atoms with Crippen molar-refractivity contribution in [3.05, 3.63) is 138 Å². The molecule has 12 heteroatoms. The largest absolute Gasteiger partial charge is 0.468 e. The fourth-order valence-corrected chi connectivity index (χ4v) is 4.41. The van der Waals surface area contributed by atoms with Crippen LogP contribution < -0.4 is 0 Å². The van der Waals surface area contributed by atoms with Gasteiger partial charge in [0.1, 0.15) is 0 Å². The number of carbonyl (C=O) groups is 3. The number of benzene rings is 4. The number of hydrogen-bond donors (Lipinski definition) is 0. The third-order valence-corrected chi connectivity index (χ3v) is 6.61. The first-order chi connectivity index (χ1) is 22.2. The van der Waals surface area contributed by atoms with E-state index in [1.54, 1.807) is 60.7 Å². The van der Waals surface area contributed by atoms with Gasteiger partial charge >= 0.3 is 24.1 Å². The quantitative estimate of drug-likeness (QED) is 0.0959. The van der Waals surface area contributed by atoms with E-state index in [0.717, 1.165) is 0 Å². The summed E-state index contributed by atoms with van der Waals surface area (Å²) < 4.78 is 70.5. The van der Waals surface area contributed by atoms with E-state index < -0.39 is 61.2 Å². The van der Waals surface area contributed by atoms with Gasteiger partial charge in [0.2, 0.25) is 12.4 Å². The number of para-hydroxylation sites is 1. The topological polar surface area (TPSA) is 110 Å². The molecule has 1 aliphatic rings. The van der Waals surface area contributed by atoms with Crippen molar-refractivity contribution >= 4 is 29.5 Å². The Labute approximate surface area is 261 Å². The molecule has 0 aliphatic carbocycles. The summed E-state index contributed by atoms with van der Waals surface area (Å²) in [7, 11) is 0. The molecule has 0 radical (unpaired) electrons. The van der Waals surface area contributed by atoms with Crippen molar-refractivity contribution in [2.24, 2.45) is 4.99 Å². The Morgan fingerprint density at radius 3 is 1.46 bits per heavy atom. The molecule has 1 aliphatic heterocycles. The maximum Gasteiger partial charge on any atom is 0.468 e. The van der Waals surface area contributed by atoms with E-state index in [-0.39, 0.29) is 22.4 Å². The smallest absolute Gasteiger partial charge is 0.452 e. The van der Waals surface area contributed by atoms with E-state index in [9.17, 15) is 27.6 Å². The van der Waals surface area contributed by atoms with Gasteiger partial charge in [-0.2, -0.15) is 13.2 Å². The van der Waals surface area contributed by atoms with E-state index in [4.69, 9.17) is 23.7 Å². The number of rotatable bonds is 8. The normalized spacial score (nSPS) is 19.8. The zero-order chi connectivity index (χ0) is 32.5. The van der Waals surface area contributed by atoms with E-state index in [2.05, 4.69) is 4.99 Å². The lowest BCUT2D eigenvalue weighted by atomic mass is 10.0. The standard InChI is InChI=1S/C34H26F3NO8/c35-34(36,37)33(38-25-19-11-4-12-20-25)46-32-28(45-31(41)24-17-9-3-10-18-24)27(44-30(40)23-15-7-2-8-16-23)26(21-42-32)43-29(39)22-13-5-1-6-14-22/h1-20,26-28,32H,21H2/b38-33+/t26-,27+,28-,32?/m1/s1. The van der Waals surface area contributed by atoms with Gasteiger partial charge in [-0.3, -0.25) is 0 Å². The average Bonchev–Trinajstić information content (AvgIpc) is 3.07. The molecule has 0 N–H and O–H groups in total. The van der Waals surface area contributed by atoms with Crippen LogP contribution in [0.25, 0.3) is 0 Å². The third-order valence-electron chi connectivity index (χ3n) is 6.61. The Kier molecular flexibility index (Phi) is 10.1. The summed E-state index contributed by atoms with van der Waals surface area (Å²) in [5, 5.41) is 0. The first kappa shape index (κ1) is 31.9. The zero-order valence-electron chi connectivity index (χ0n) is 23.9. The highest BCUT2D eigenvalue weighted by Crippen LogP contribution is 2.31. The maximum atomic E-state index is 14.2. The van der Waals surface area contributed by atoms with E-state index in [1.807, 2.05) is 0 Å². The summed E-state index contributed by atoms with van der Waals surface area (Å²) in [4.78, 5) is 43.1. The van der Waals surface area contributed by atoms with Gasteiger partial charge in [0.15, 0.2) is 12.2 Å². The van der Waals surface area contributed by atoms with Crippen LogP contribution in [0.3, 0.4) is 0 Å². The van der Waals surface area contributed by atoms with Gasteiger partial charge in [0.25, 0.3) is 5.90 Å². The Hall–Kier alpha value is -5.49. The molecule has 1 fully saturated rings. The highest BCUT2D eigenvalue weighted by molar-refractivity contribution is 5.91. The van der Waals surface area contributed by atoms with Gasteiger partial charge in [-0.05, 0) is 48.5 Å². The van der Waals surface area contributed by atoms with Crippen molar-refractivity contribution in [2.45, 2.75) is 30.8 Å². The molecule has 4 aromatic carbocycles. The molecule has 1 saturated heterocycles. The lowest BCUT2D eigenvalue weighted by Crippen LogP contribution is -2.59. The number of alkyl halides is 3. The van der Waals surface area contributed by atoms with Crippen LogP contribution in [0.2, 0.25) is 0 Å². The van der Waals surface area contributed by atoms with Crippen molar-refractivity contribution in [3.8, 4) is 0 Å². The molecule has 0 spiro atoms. The number of carbonyl (C=O) groups excluding carboxylic acids is 3. The number of hydrogen-bond acceptors (Lipinski definition) is 9. The van der Waals surface area contributed by atoms with Crippen LogP contribution in [0, 0.1) is 0 Å². The Balaban J connectivity index is 1.53. The van der Waals surface area contributed by atoms with Crippen LogP contribution >= 0.6 is 0 Å². The molecular weight excluding hydrogens is 607 g/mol. The molecule has 0 bridgehead atoms. The SMILES string of the molecule is O=C(O[C@H]1[C@H](OC(=O)c2ccccc2)COC(O/C(=N/c2ccccc2)C(F)(F)F)[C@@H]1OC(=O)c1ccccc1)c1ccccc1. The number of halogens is 3. The fraction of sp³-hybridized carbons (Fsp3) is 0.176. The fourth-order valence-electron chi connectivity index (χ4n) is 4.41. The first-order valence-corrected chi connectivity index (χ1v) is 14.0. The minimum atomic E-state index is -5.11. The van der Waals surface area contributed by atoms with Crippen LogP contribution in [0.5, 0.6) is 0 Å². The van der Waals surface area contributed by atoms with Gasteiger partial charge in [0.05, 0.1) is 29.0 Å². The summed E-state index contributed by atoms with van der Waals surface area (Å²) in [5.41, 5.74) is 0.174. The average molecular weight is 634 g/mol. The van der Waals surface area contributed by atoms with Crippen LogP contribution in [-0.4, -0.2) is 61.2 Å². The molecule has 0 amide bonds. The summed E-state index contributed by atoms with van der Waals surface area (Å²) in [6.07, 6.45) is -12.1. The van der Waals surface area contributed by atoms with Gasteiger partial charge in [-0.25, -0.2) is 19.4 Å². The first-order valence-electron chi connectivity index (χ1n) is 14.0. The summed E-state index contributed by atoms with van der Waals surface area (Å²) in [6.45, 7) is -0.591. The molecule has 1 heterocycles. The maximum absolute atomic E-state index is 14.2. The second kappa shape index (κ2) is 14.5. The molecule has 236 valence electrons. The highest BCUT2D eigenvalue weighted by Gasteiger charge is 2.52. The molecule has 9 nitrogen and oxygen atoms in total. The molecule has 4 atom stereocenters. The van der Waals surface area contributed by atoms with Gasteiger partial charge in [-0.1, -0.05) is 72.8 Å². The zero-order valence-corrected chi connectivity index (χ0v) is 23.9. The van der Waals surface area contributed by atoms with Crippen LogP contribution in [0.1, 0.15) is 31.1 Å². The van der Waals surface area contributed by atoms with E-state index in [1.165, 1.54) is 60.7 Å². The number of esters is 3. The minimum Gasteiger partial charge on any atom is -0.452 e. The van der Waals surface area contributed by atoms with E-state index >= 15 is 0 Å². The molecule has 0 aromatic heterocycles. The Morgan fingerprint density at radius 1 is 0.587 bits per heavy atom. The summed E-state index contributed by atoms with van der Waals surface area (Å²) in [6, 6.07) is 30.3. The second-order valence-corrected chi connectivity index (χ2v) is 9.85. The van der Waals surface area contributed by atoms with Crippen molar-refractivity contribution < 1.29 is 51.2 Å². The van der Waals surface area contributed by atoms with Gasteiger partial charge in [-0.15, -0.1) is 0 Å². The molecule has 5 rings (SSSR count).